The van der Waals surface area contributed by atoms with E-state index in [4.69, 9.17) is 9.15 Å². The van der Waals surface area contributed by atoms with Gasteiger partial charge in [-0.05, 0) is 44.4 Å². The maximum absolute atomic E-state index is 12.6. The molecule has 5 heteroatoms. The van der Waals surface area contributed by atoms with Crippen LogP contribution in [0.25, 0.3) is 11.0 Å². The number of fused-ring (bicyclic) bond motifs is 1. The Morgan fingerprint density at radius 1 is 1.13 bits per heavy atom. The Kier molecular flexibility index (Phi) is 3.82. The van der Waals surface area contributed by atoms with E-state index in [-0.39, 0.29) is 11.5 Å². The number of hydrogen-bond acceptors (Lipinski definition) is 5. The minimum atomic E-state index is -0.605. The number of benzene rings is 1. The van der Waals surface area contributed by atoms with Crippen LogP contribution in [0.2, 0.25) is 0 Å². The van der Waals surface area contributed by atoms with Gasteiger partial charge in [0.05, 0.1) is 10.4 Å². The molecule has 0 aliphatic rings. The van der Waals surface area contributed by atoms with E-state index in [1.54, 1.807) is 51.1 Å². The normalized spacial score (nSPS) is 11.6. The Hall–Kier alpha value is -2.40. The molecule has 0 bridgehead atoms. The quantitative estimate of drug-likeness (QED) is 0.517. The highest BCUT2D eigenvalue weighted by Gasteiger charge is 2.23. The van der Waals surface area contributed by atoms with E-state index < -0.39 is 11.6 Å². The van der Waals surface area contributed by atoms with Crippen molar-refractivity contribution >= 4 is 34.1 Å². The average Bonchev–Trinajstić information content (AvgIpc) is 3.13. The lowest BCUT2D eigenvalue weighted by Gasteiger charge is -2.18. The van der Waals surface area contributed by atoms with Crippen molar-refractivity contribution in [2.75, 3.05) is 0 Å². The number of rotatable bonds is 3. The molecule has 0 unspecified atom stereocenters. The molecule has 0 saturated carbocycles. The monoisotopic (exact) mass is 328 g/mol. The molecule has 3 rings (SSSR count). The van der Waals surface area contributed by atoms with E-state index in [0.29, 0.717) is 21.4 Å². The topological polar surface area (TPSA) is 56.5 Å². The fraction of sp³-hybridized carbons (Fsp3) is 0.222. The standard InChI is InChI=1S/C18H16O4S/c1-18(2,3)22-17(20)13-10-11-6-4-7-12(16(11)21-13)15(19)14-8-5-9-23-14/h4-10H,1-3H3. The van der Waals surface area contributed by atoms with Crippen LogP contribution in [0.4, 0.5) is 0 Å². The van der Waals surface area contributed by atoms with Gasteiger partial charge in [-0.15, -0.1) is 11.3 Å². The Balaban J connectivity index is 2.02. The minimum absolute atomic E-state index is 0.0985. The third-order valence-corrected chi connectivity index (χ3v) is 4.00. The summed E-state index contributed by atoms with van der Waals surface area (Å²) in [6.45, 7) is 5.37. The third-order valence-electron chi connectivity index (χ3n) is 3.13. The van der Waals surface area contributed by atoms with Gasteiger partial charge in [0.25, 0.3) is 0 Å². The molecule has 23 heavy (non-hydrogen) atoms. The first-order valence-corrected chi connectivity index (χ1v) is 8.07. The Morgan fingerprint density at radius 2 is 1.91 bits per heavy atom. The van der Waals surface area contributed by atoms with Crippen molar-refractivity contribution in [3.63, 3.8) is 0 Å². The summed E-state index contributed by atoms with van der Waals surface area (Å²) >= 11 is 1.37. The second-order valence-corrected chi connectivity index (χ2v) is 7.09. The number of ether oxygens (including phenoxy) is 1. The molecule has 0 atom stereocenters. The molecule has 4 nitrogen and oxygen atoms in total. The highest BCUT2D eigenvalue weighted by molar-refractivity contribution is 7.12. The number of furan rings is 1. The molecule has 3 aromatic rings. The summed E-state index contributed by atoms with van der Waals surface area (Å²) in [6.07, 6.45) is 0. The lowest BCUT2D eigenvalue weighted by molar-refractivity contribution is 0.00380. The number of hydrogen-bond donors (Lipinski definition) is 0. The van der Waals surface area contributed by atoms with Crippen molar-refractivity contribution in [2.45, 2.75) is 26.4 Å². The summed E-state index contributed by atoms with van der Waals surface area (Å²) in [5, 5.41) is 2.55. The third kappa shape index (κ3) is 3.19. The lowest BCUT2D eigenvalue weighted by Crippen LogP contribution is -2.23. The molecule has 2 heterocycles. The minimum Gasteiger partial charge on any atom is -0.454 e. The molecular weight excluding hydrogens is 312 g/mol. The van der Waals surface area contributed by atoms with E-state index in [9.17, 15) is 9.59 Å². The summed E-state index contributed by atoms with van der Waals surface area (Å²) in [6, 6.07) is 10.5. The zero-order valence-electron chi connectivity index (χ0n) is 13.1. The molecule has 0 aliphatic heterocycles. The summed E-state index contributed by atoms with van der Waals surface area (Å²) in [5.74, 6) is -0.555. The van der Waals surface area contributed by atoms with Crippen LogP contribution in [0.5, 0.6) is 0 Å². The Labute approximate surface area is 137 Å². The first-order chi connectivity index (χ1) is 10.8. The Morgan fingerprint density at radius 3 is 2.57 bits per heavy atom. The molecule has 0 N–H and O–H groups in total. The zero-order chi connectivity index (χ0) is 16.6. The van der Waals surface area contributed by atoms with Crippen molar-refractivity contribution in [1.29, 1.82) is 0 Å². The van der Waals surface area contributed by atoms with Gasteiger partial charge in [-0.1, -0.05) is 18.2 Å². The SMILES string of the molecule is CC(C)(C)OC(=O)c1cc2cccc(C(=O)c3cccs3)c2o1. The molecule has 0 fully saturated rings. The summed E-state index contributed by atoms with van der Waals surface area (Å²) in [5.41, 5.74) is 0.248. The van der Waals surface area contributed by atoms with Crippen LogP contribution < -0.4 is 0 Å². The lowest BCUT2D eigenvalue weighted by atomic mass is 10.1. The molecule has 118 valence electrons. The average molecular weight is 328 g/mol. The van der Waals surface area contributed by atoms with E-state index in [0.717, 1.165) is 0 Å². The van der Waals surface area contributed by atoms with Crippen molar-refractivity contribution in [3.05, 3.63) is 58.0 Å². The predicted molar refractivity (Wildman–Crippen MR) is 89.1 cm³/mol. The van der Waals surface area contributed by atoms with E-state index in [2.05, 4.69) is 0 Å². The van der Waals surface area contributed by atoms with E-state index >= 15 is 0 Å². The number of esters is 1. The maximum Gasteiger partial charge on any atom is 0.374 e. The molecule has 0 radical (unpaired) electrons. The van der Waals surface area contributed by atoms with Gasteiger partial charge in [0, 0.05) is 5.39 Å². The number of thiophene rings is 1. The van der Waals surface area contributed by atoms with E-state index in [1.165, 1.54) is 11.3 Å². The number of carbonyl (C=O) groups is 2. The van der Waals surface area contributed by atoms with Crippen LogP contribution in [0.15, 0.2) is 46.2 Å². The van der Waals surface area contributed by atoms with Gasteiger partial charge in [-0.2, -0.15) is 0 Å². The summed E-state index contributed by atoms with van der Waals surface area (Å²) in [4.78, 5) is 25.3. The summed E-state index contributed by atoms with van der Waals surface area (Å²) < 4.78 is 10.9. The van der Waals surface area contributed by atoms with Crippen LogP contribution >= 0.6 is 11.3 Å². The predicted octanol–water partition coefficient (Wildman–Crippen LogP) is 4.68. The van der Waals surface area contributed by atoms with Gasteiger partial charge in [0.2, 0.25) is 11.5 Å². The van der Waals surface area contributed by atoms with Crippen molar-refractivity contribution < 1.29 is 18.7 Å². The largest absolute Gasteiger partial charge is 0.454 e. The van der Waals surface area contributed by atoms with Crippen LogP contribution in [0.1, 0.15) is 46.6 Å². The number of ketones is 1. The Bertz CT molecular complexity index is 866. The second-order valence-electron chi connectivity index (χ2n) is 6.14. The van der Waals surface area contributed by atoms with Crippen LogP contribution in [0.3, 0.4) is 0 Å². The molecule has 2 aromatic heterocycles. The fourth-order valence-corrected chi connectivity index (χ4v) is 2.89. The first kappa shape index (κ1) is 15.5. The number of carbonyl (C=O) groups excluding carboxylic acids is 2. The van der Waals surface area contributed by atoms with Gasteiger partial charge >= 0.3 is 5.97 Å². The van der Waals surface area contributed by atoms with Crippen LogP contribution in [-0.2, 0) is 4.74 Å². The van der Waals surface area contributed by atoms with Crippen LogP contribution in [0, 0.1) is 0 Å². The molecule has 0 saturated heterocycles. The first-order valence-electron chi connectivity index (χ1n) is 7.19. The van der Waals surface area contributed by atoms with Crippen molar-refractivity contribution in [1.82, 2.24) is 0 Å². The summed E-state index contributed by atoms with van der Waals surface area (Å²) in [7, 11) is 0. The molecule has 0 spiro atoms. The highest BCUT2D eigenvalue weighted by atomic mass is 32.1. The fourth-order valence-electron chi connectivity index (χ4n) is 2.21. The van der Waals surface area contributed by atoms with Crippen molar-refractivity contribution in [3.8, 4) is 0 Å². The zero-order valence-corrected chi connectivity index (χ0v) is 13.9. The molecule has 1 aromatic carbocycles. The molecule has 0 aliphatic carbocycles. The van der Waals surface area contributed by atoms with Gasteiger partial charge in [-0.25, -0.2) is 4.79 Å². The molecular formula is C18H16O4S. The van der Waals surface area contributed by atoms with Gasteiger partial charge < -0.3 is 9.15 Å². The van der Waals surface area contributed by atoms with Gasteiger partial charge in [0.15, 0.2) is 0 Å². The second kappa shape index (κ2) is 5.66. The van der Waals surface area contributed by atoms with Crippen molar-refractivity contribution in [2.24, 2.45) is 0 Å². The van der Waals surface area contributed by atoms with E-state index in [1.807, 2.05) is 11.4 Å². The van der Waals surface area contributed by atoms with Gasteiger partial charge in [0.1, 0.15) is 11.2 Å². The van der Waals surface area contributed by atoms with Crippen LogP contribution in [-0.4, -0.2) is 17.4 Å². The van der Waals surface area contributed by atoms with Gasteiger partial charge in [-0.3, -0.25) is 4.79 Å². The highest BCUT2D eigenvalue weighted by Crippen LogP contribution is 2.27. The molecule has 0 amide bonds. The smallest absolute Gasteiger partial charge is 0.374 e. The number of para-hydroxylation sites is 1. The maximum atomic E-state index is 12.6.